The summed E-state index contributed by atoms with van der Waals surface area (Å²) < 4.78 is 1.95. The number of hydrogen-bond acceptors (Lipinski definition) is 3. The van der Waals surface area contributed by atoms with Crippen molar-refractivity contribution in [1.82, 2.24) is 19.4 Å². The van der Waals surface area contributed by atoms with Gasteiger partial charge in [-0.25, -0.2) is 4.98 Å². The zero-order valence-electron chi connectivity index (χ0n) is 17.4. The molecular weight excluding hydrogens is 340 g/mol. The van der Waals surface area contributed by atoms with Gasteiger partial charge in [0.05, 0.1) is 17.6 Å². The van der Waals surface area contributed by atoms with Gasteiger partial charge in [-0.1, -0.05) is 39.8 Å². The molecule has 1 aromatic heterocycles. The third-order valence-corrected chi connectivity index (χ3v) is 4.47. The fraction of sp³-hybridized carbons (Fsp3) is 0.571. The number of aromatic nitrogens is 2. The first kappa shape index (κ1) is 20.9. The van der Waals surface area contributed by atoms with E-state index in [1.807, 2.05) is 33.7 Å². The van der Waals surface area contributed by atoms with Crippen LogP contribution in [0.2, 0.25) is 0 Å². The molecule has 0 bridgehead atoms. The Bertz CT molecular complexity index is 785. The minimum Gasteiger partial charge on any atom is -0.341 e. The van der Waals surface area contributed by atoms with Gasteiger partial charge in [0.25, 0.3) is 0 Å². The molecule has 2 aromatic rings. The lowest BCUT2D eigenvalue weighted by Crippen LogP contribution is -2.39. The number of nitrogens with zero attached hydrogens (tertiary/aromatic N) is 4. The lowest BCUT2D eigenvalue weighted by atomic mass is 10.1. The van der Waals surface area contributed by atoms with Crippen molar-refractivity contribution < 1.29 is 9.59 Å². The molecule has 0 unspecified atom stereocenters. The maximum atomic E-state index is 13.1. The molecule has 1 heterocycles. The van der Waals surface area contributed by atoms with Crippen molar-refractivity contribution in [1.29, 1.82) is 0 Å². The Morgan fingerprint density at radius 3 is 2.22 bits per heavy atom. The lowest BCUT2D eigenvalue weighted by Gasteiger charge is -2.27. The van der Waals surface area contributed by atoms with E-state index in [0.29, 0.717) is 18.4 Å². The number of fused-ring (bicyclic) bond motifs is 1. The van der Waals surface area contributed by atoms with E-state index in [0.717, 1.165) is 29.9 Å². The molecule has 0 radical (unpaired) electrons. The molecule has 2 amide bonds. The van der Waals surface area contributed by atoms with Crippen LogP contribution in [0.3, 0.4) is 0 Å². The first-order valence-corrected chi connectivity index (χ1v) is 9.62. The molecule has 0 aliphatic carbocycles. The highest BCUT2D eigenvalue weighted by molar-refractivity contribution is 5.81. The van der Waals surface area contributed by atoms with Crippen molar-refractivity contribution in [2.75, 3.05) is 20.1 Å². The first-order valence-electron chi connectivity index (χ1n) is 9.62. The van der Waals surface area contributed by atoms with Crippen LogP contribution in [0.1, 0.15) is 40.4 Å². The second kappa shape index (κ2) is 9.02. The zero-order chi connectivity index (χ0) is 20.1. The van der Waals surface area contributed by atoms with Gasteiger partial charge in [0.2, 0.25) is 11.8 Å². The van der Waals surface area contributed by atoms with Crippen molar-refractivity contribution >= 4 is 22.8 Å². The number of amides is 2. The molecule has 0 aliphatic heterocycles. The van der Waals surface area contributed by atoms with Gasteiger partial charge in [0.1, 0.15) is 12.4 Å². The van der Waals surface area contributed by atoms with Gasteiger partial charge in [-0.05, 0) is 24.0 Å². The molecule has 0 spiro atoms. The highest BCUT2D eigenvalue weighted by Gasteiger charge is 2.20. The van der Waals surface area contributed by atoms with Crippen LogP contribution >= 0.6 is 0 Å². The van der Waals surface area contributed by atoms with E-state index in [9.17, 15) is 9.59 Å². The highest BCUT2D eigenvalue weighted by Crippen LogP contribution is 2.18. The Morgan fingerprint density at radius 2 is 1.67 bits per heavy atom. The number of carbonyl (C=O) groups excluding carboxylic acids is 2. The Morgan fingerprint density at radius 1 is 1.07 bits per heavy atom. The second-order valence-electron chi connectivity index (χ2n) is 8.06. The van der Waals surface area contributed by atoms with Crippen molar-refractivity contribution in [3.63, 3.8) is 0 Å². The maximum Gasteiger partial charge on any atom is 0.242 e. The van der Waals surface area contributed by atoms with E-state index < -0.39 is 0 Å². The van der Waals surface area contributed by atoms with Gasteiger partial charge in [-0.15, -0.1) is 0 Å². The van der Waals surface area contributed by atoms with Gasteiger partial charge in [-0.3, -0.25) is 9.59 Å². The summed E-state index contributed by atoms with van der Waals surface area (Å²) >= 11 is 0. The van der Waals surface area contributed by atoms with Crippen LogP contribution in [0.15, 0.2) is 24.3 Å². The van der Waals surface area contributed by atoms with Gasteiger partial charge in [0.15, 0.2) is 0 Å². The van der Waals surface area contributed by atoms with Crippen LogP contribution in [0, 0.1) is 11.8 Å². The minimum absolute atomic E-state index is 0.0267. The normalized spacial score (nSPS) is 11.4. The van der Waals surface area contributed by atoms with Crippen LogP contribution in [-0.4, -0.2) is 51.3 Å². The largest absolute Gasteiger partial charge is 0.341 e. The molecule has 27 heavy (non-hydrogen) atoms. The number of hydrogen-bond donors (Lipinski definition) is 0. The number of para-hydroxylation sites is 2. The summed E-state index contributed by atoms with van der Waals surface area (Å²) in [5, 5.41) is 0. The average molecular weight is 373 g/mol. The quantitative estimate of drug-likeness (QED) is 0.715. The summed E-state index contributed by atoms with van der Waals surface area (Å²) in [5.74, 6) is 1.62. The maximum absolute atomic E-state index is 13.1. The minimum atomic E-state index is -0.0267. The molecular formula is C21H32N4O2. The summed E-state index contributed by atoms with van der Waals surface area (Å²) in [5.41, 5.74) is 1.77. The zero-order valence-corrected chi connectivity index (χ0v) is 17.4. The molecule has 148 valence electrons. The first-order chi connectivity index (χ1) is 12.7. The summed E-state index contributed by atoms with van der Waals surface area (Å²) in [7, 11) is 1.75. The average Bonchev–Trinajstić information content (AvgIpc) is 2.90. The predicted molar refractivity (Wildman–Crippen MR) is 108 cm³/mol. The molecule has 0 saturated heterocycles. The van der Waals surface area contributed by atoms with E-state index in [4.69, 9.17) is 0 Å². The van der Waals surface area contributed by atoms with Crippen LogP contribution < -0.4 is 0 Å². The summed E-state index contributed by atoms with van der Waals surface area (Å²) in [6.07, 6.45) is 0. The van der Waals surface area contributed by atoms with Crippen molar-refractivity contribution in [2.45, 2.75) is 47.7 Å². The molecule has 1 aromatic carbocycles. The Labute approximate surface area is 162 Å². The molecule has 0 saturated carbocycles. The summed E-state index contributed by atoms with van der Waals surface area (Å²) in [6, 6.07) is 7.79. The van der Waals surface area contributed by atoms with E-state index >= 15 is 0 Å². The number of imidazole rings is 1. The van der Waals surface area contributed by atoms with E-state index in [-0.39, 0.29) is 18.4 Å². The smallest absolute Gasteiger partial charge is 0.242 e. The van der Waals surface area contributed by atoms with Crippen molar-refractivity contribution in [3.8, 4) is 0 Å². The Hall–Kier alpha value is -2.37. The van der Waals surface area contributed by atoms with Crippen LogP contribution in [0.25, 0.3) is 11.0 Å². The van der Waals surface area contributed by atoms with Crippen molar-refractivity contribution in [3.05, 3.63) is 30.1 Å². The SMILES string of the molecule is CC(=O)N(C)Cc1nc2ccccc2n1CC(=O)N(CC(C)C)CC(C)C. The van der Waals surface area contributed by atoms with E-state index in [2.05, 4.69) is 32.7 Å². The molecule has 0 N–H and O–H groups in total. The van der Waals surface area contributed by atoms with Gasteiger partial charge >= 0.3 is 0 Å². The molecule has 6 heteroatoms. The second-order valence-corrected chi connectivity index (χ2v) is 8.06. The standard InChI is InChI=1S/C21H32N4O2/c1-15(2)11-24(12-16(3)4)21(27)14-25-19-10-8-7-9-18(19)22-20(25)13-23(6)17(5)26/h7-10,15-16H,11-14H2,1-6H3. The molecule has 6 nitrogen and oxygen atoms in total. The number of rotatable bonds is 8. The molecule has 0 aliphatic rings. The van der Waals surface area contributed by atoms with Gasteiger partial charge in [0, 0.05) is 27.1 Å². The third-order valence-electron chi connectivity index (χ3n) is 4.47. The van der Waals surface area contributed by atoms with Crippen LogP contribution in [0.4, 0.5) is 0 Å². The van der Waals surface area contributed by atoms with E-state index in [1.54, 1.807) is 11.9 Å². The van der Waals surface area contributed by atoms with Crippen LogP contribution in [0.5, 0.6) is 0 Å². The predicted octanol–water partition coefficient (Wildman–Crippen LogP) is 3.16. The van der Waals surface area contributed by atoms with Gasteiger partial charge < -0.3 is 14.4 Å². The summed E-state index contributed by atoms with van der Waals surface area (Å²) in [6.45, 7) is 12.1. The lowest BCUT2D eigenvalue weighted by molar-refractivity contribution is -0.132. The fourth-order valence-corrected chi connectivity index (χ4v) is 3.14. The topological polar surface area (TPSA) is 58.4 Å². The number of carbonyl (C=O) groups is 2. The fourth-order valence-electron chi connectivity index (χ4n) is 3.14. The molecule has 0 fully saturated rings. The highest BCUT2D eigenvalue weighted by atomic mass is 16.2. The van der Waals surface area contributed by atoms with Crippen LogP contribution in [-0.2, 0) is 22.7 Å². The van der Waals surface area contributed by atoms with Crippen molar-refractivity contribution in [2.24, 2.45) is 11.8 Å². The molecule has 2 rings (SSSR count). The van der Waals surface area contributed by atoms with E-state index in [1.165, 1.54) is 6.92 Å². The van der Waals surface area contributed by atoms with Gasteiger partial charge in [-0.2, -0.15) is 0 Å². The molecule has 0 atom stereocenters. The third kappa shape index (κ3) is 5.55. The summed E-state index contributed by atoms with van der Waals surface area (Å²) in [4.78, 5) is 33.0. The monoisotopic (exact) mass is 372 g/mol. The Balaban J connectivity index is 2.34. The number of benzene rings is 1. The Kier molecular flexibility index (Phi) is 6.99.